The van der Waals surface area contributed by atoms with Gasteiger partial charge in [-0.2, -0.15) is 5.10 Å². The minimum absolute atomic E-state index is 0.0162. The molecule has 0 saturated heterocycles. The molecule has 0 bridgehead atoms. The van der Waals surface area contributed by atoms with Crippen LogP contribution in [0.15, 0.2) is 6.33 Å². The van der Waals surface area contributed by atoms with Crippen LogP contribution in [-0.4, -0.2) is 40.3 Å². The summed E-state index contributed by atoms with van der Waals surface area (Å²) < 4.78 is 5.31. The number of hydrogen-bond donors (Lipinski definition) is 2. The van der Waals surface area contributed by atoms with Crippen LogP contribution in [-0.2, 0) is 4.74 Å². The van der Waals surface area contributed by atoms with Crippen molar-refractivity contribution in [2.45, 2.75) is 26.8 Å². The molecule has 1 aromatic rings. The molecule has 1 heterocycles. The van der Waals surface area contributed by atoms with Gasteiger partial charge in [-0.3, -0.25) is 9.89 Å². The number of hydrogen-bond acceptors (Lipinski definition) is 4. The molecule has 0 aromatic carbocycles. The Kier molecular flexibility index (Phi) is 4.91. The molecule has 2 N–H and O–H groups in total. The van der Waals surface area contributed by atoms with Crippen molar-refractivity contribution in [3.05, 3.63) is 12.2 Å². The first-order chi connectivity index (χ1) is 7.65. The molecule has 0 aliphatic carbocycles. The van der Waals surface area contributed by atoms with Crippen LogP contribution in [0.3, 0.4) is 0 Å². The summed E-state index contributed by atoms with van der Waals surface area (Å²) in [6.07, 6.45) is 1.31. The summed E-state index contributed by atoms with van der Waals surface area (Å²) in [5.74, 6) is 0.275. The molecule has 0 fully saturated rings. The van der Waals surface area contributed by atoms with E-state index in [9.17, 15) is 4.79 Å². The molecule has 0 radical (unpaired) electrons. The molecular weight excluding hydrogens is 208 g/mol. The Balaban J connectivity index is 2.51. The second-order valence-electron chi connectivity index (χ2n) is 3.82. The van der Waals surface area contributed by atoms with Gasteiger partial charge in [0.05, 0.1) is 12.6 Å². The van der Waals surface area contributed by atoms with Crippen molar-refractivity contribution in [1.82, 2.24) is 20.5 Å². The van der Waals surface area contributed by atoms with Gasteiger partial charge in [-0.1, -0.05) is 13.8 Å². The van der Waals surface area contributed by atoms with E-state index < -0.39 is 0 Å². The maximum Gasteiger partial charge on any atom is 0.288 e. The molecular formula is C10H18N4O2. The van der Waals surface area contributed by atoms with E-state index in [4.69, 9.17) is 4.74 Å². The van der Waals surface area contributed by atoms with Crippen LogP contribution in [0.2, 0.25) is 0 Å². The van der Waals surface area contributed by atoms with Crippen molar-refractivity contribution in [3.8, 4) is 0 Å². The Morgan fingerprint density at radius 3 is 2.88 bits per heavy atom. The fraction of sp³-hybridized carbons (Fsp3) is 0.700. The Morgan fingerprint density at radius 2 is 2.38 bits per heavy atom. The first-order valence-corrected chi connectivity index (χ1v) is 5.39. The zero-order valence-electron chi connectivity index (χ0n) is 9.86. The molecule has 1 aromatic heterocycles. The van der Waals surface area contributed by atoms with Crippen LogP contribution in [0.25, 0.3) is 0 Å². The van der Waals surface area contributed by atoms with Crippen LogP contribution in [0.4, 0.5) is 0 Å². The molecule has 1 unspecified atom stereocenters. The first-order valence-electron chi connectivity index (χ1n) is 5.39. The number of aromatic amines is 1. The molecule has 1 atom stereocenters. The normalized spacial score (nSPS) is 12.8. The van der Waals surface area contributed by atoms with Gasteiger partial charge >= 0.3 is 0 Å². The lowest BCUT2D eigenvalue weighted by Crippen LogP contribution is -2.42. The summed E-state index contributed by atoms with van der Waals surface area (Å²) in [6.45, 7) is 7.14. The standard InChI is InChI=1S/C10H18N4O2/c1-4-16-5-8(7(2)3)13-10(15)9-11-6-12-14-9/h6-8H,4-5H2,1-3H3,(H,13,15)(H,11,12,14). The second-order valence-corrected chi connectivity index (χ2v) is 3.82. The lowest BCUT2D eigenvalue weighted by Gasteiger charge is -2.21. The Bertz CT molecular complexity index is 311. The molecule has 6 heteroatoms. The zero-order valence-corrected chi connectivity index (χ0v) is 9.86. The molecule has 16 heavy (non-hydrogen) atoms. The van der Waals surface area contributed by atoms with E-state index in [-0.39, 0.29) is 17.8 Å². The number of carbonyl (C=O) groups is 1. The van der Waals surface area contributed by atoms with E-state index in [1.54, 1.807) is 0 Å². The van der Waals surface area contributed by atoms with Gasteiger partial charge in [0.25, 0.3) is 5.91 Å². The van der Waals surface area contributed by atoms with Gasteiger partial charge in [0.1, 0.15) is 6.33 Å². The summed E-state index contributed by atoms with van der Waals surface area (Å²) in [7, 11) is 0. The van der Waals surface area contributed by atoms with E-state index in [0.29, 0.717) is 19.1 Å². The van der Waals surface area contributed by atoms with E-state index >= 15 is 0 Å². The van der Waals surface area contributed by atoms with Gasteiger partial charge in [-0.05, 0) is 12.8 Å². The first kappa shape index (κ1) is 12.6. The lowest BCUT2D eigenvalue weighted by molar-refractivity contribution is 0.0798. The largest absolute Gasteiger partial charge is 0.380 e. The number of H-pyrrole nitrogens is 1. The number of ether oxygens (including phenoxy) is 1. The fourth-order valence-corrected chi connectivity index (χ4v) is 1.20. The smallest absolute Gasteiger partial charge is 0.288 e. The van der Waals surface area contributed by atoms with Crippen molar-refractivity contribution in [2.75, 3.05) is 13.2 Å². The summed E-state index contributed by atoms with van der Waals surface area (Å²) in [5.41, 5.74) is 0. The molecule has 0 aliphatic heterocycles. The third kappa shape index (κ3) is 3.62. The molecule has 0 aliphatic rings. The van der Waals surface area contributed by atoms with Crippen LogP contribution >= 0.6 is 0 Å². The highest BCUT2D eigenvalue weighted by Crippen LogP contribution is 2.03. The number of rotatable bonds is 6. The van der Waals surface area contributed by atoms with E-state index in [1.807, 2.05) is 20.8 Å². The number of nitrogens with one attached hydrogen (secondary N) is 2. The third-order valence-electron chi connectivity index (χ3n) is 2.25. The third-order valence-corrected chi connectivity index (χ3v) is 2.25. The van der Waals surface area contributed by atoms with Gasteiger partial charge in [-0.15, -0.1) is 0 Å². The van der Waals surface area contributed by atoms with Crippen molar-refractivity contribution < 1.29 is 9.53 Å². The summed E-state index contributed by atoms with van der Waals surface area (Å²) in [6, 6.07) is -0.0162. The maximum absolute atomic E-state index is 11.7. The SMILES string of the molecule is CCOCC(NC(=O)c1ncn[nH]1)C(C)C. The van der Waals surface area contributed by atoms with E-state index in [2.05, 4.69) is 20.5 Å². The van der Waals surface area contributed by atoms with Gasteiger partial charge in [0.2, 0.25) is 5.82 Å². The molecule has 0 spiro atoms. The van der Waals surface area contributed by atoms with Crippen LogP contribution in [0.5, 0.6) is 0 Å². The number of aromatic nitrogens is 3. The maximum atomic E-state index is 11.7. The van der Waals surface area contributed by atoms with Gasteiger partial charge in [0, 0.05) is 6.61 Å². The topological polar surface area (TPSA) is 79.9 Å². The monoisotopic (exact) mass is 226 g/mol. The van der Waals surface area contributed by atoms with E-state index in [0.717, 1.165) is 0 Å². The zero-order chi connectivity index (χ0) is 12.0. The molecule has 1 rings (SSSR count). The Morgan fingerprint density at radius 1 is 1.62 bits per heavy atom. The van der Waals surface area contributed by atoms with E-state index in [1.165, 1.54) is 6.33 Å². The summed E-state index contributed by atoms with van der Waals surface area (Å²) >= 11 is 0. The number of amides is 1. The minimum atomic E-state index is -0.254. The highest BCUT2D eigenvalue weighted by molar-refractivity contribution is 5.90. The van der Waals surface area contributed by atoms with Crippen LogP contribution in [0.1, 0.15) is 31.4 Å². The molecule has 90 valence electrons. The lowest BCUT2D eigenvalue weighted by atomic mass is 10.1. The molecule has 1 amide bonds. The van der Waals surface area contributed by atoms with Gasteiger partial charge in [0.15, 0.2) is 0 Å². The average molecular weight is 226 g/mol. The van der Waals surface area contributed by atoms with Crippen molar-refractivity contribution in [3.63, 3.8) is 0 Å². The van der Waals surface area contributed by atoms with Crippen molar-refractivity contribution in [1.29, 1.82) is 0 Å². The summed E-state index contributed by atoms with van der Waals surface area (Å²) in [5, 5.41) is 9.01. The number of carbonyl (C=O) groups excluding carboxylic acids is 1. The predicted octanol–water partition coefficient (Wildman–Crippen LogP) is 0.596. The fourth-order valence-electron chi connectivity index (χ4n) is 1.20. The van der Waals surface area contributed by atoms with Gasteiger partial charge in [-0.25, -0.2) is 4.98 Å². The van der Waals surface area contributed by atoms with Crippen molar-refractivity contribution >= 4 is 5.91 Å². The molecule has 0 saturated carbocycles. The Hall–Kier alpha value is -1.43. The highest BCUT2D eigenvalue weighted by Gasteiger charge is 2.18. The van der Waals surface area contributed by atoms with Crippen LogP contribution < -0.4 is 5.32 Å². The quantitative estimate of drug-likeness (QED) is 0.744. The Labute approximate surface area is 94.8 Å². The van der Waals surface area contributed by atoms with Gasteiger partial charge < -0.3 is 10.1 Å². The minimum Gasteiger partial charge on any atom is -0.380 e. The average Bonchev–Trinajstić information content (AvgIpc) is 2.76. The second kappa shape index (κ2) is 6.22. The van der Waals surface area contributed by atoms with Crippen molar-refractivity contribution in [2.24, 2.45) is 5.92 Å². The highest BCUT2D eigenvalue weighted by atomic mass is 16.5. The molecule has 6 nitrogen and oxygen atoms in total. The summed E-state index contributed by atoms with van der Waals surface area (Å²) in [4.78, 5) is 15.5. The number of nitrogens with zero attached hydrogens (tertiary/aromatic N) is 2. The van der Waals surface area contributed by atoms with Crippen LogP contribution in [0, 0.1) is 5.92 Å². The predicted molar refractivity (Wildman–Crippen MR) is 59.0 cm³/mol.